The molecule has 0 amide bonds. The second-order valence-corrected chi connectivity index (χ2v) is 13.1. The summed E-state index contributed by atoms with van der Waals surface area (Å²) in [5, 5.41) is 21.6. The highest BCUT2D eigenvalue weighted by Gasteiger charge is 2.41. The van der Waals surface area contributed by atoms with Gasteiger partial charge in [0.2, 0.25) is 11.8 Å². The first-order valence-electron chi connectivity index (χ1n) is 15.3. The van der Waals surface area contributed by atoms with Gasteiger partial charge in [-0.3, -0.25) is 10.1 Å². The third-order valence-corrected chi connectivity index (χ3v) is 9.57. The Morgan fingerprint density at radius 1 is 0.725 bits per heavy atom. The molecule has 0 unspecified atom stereocenters. The molecule has 7 rings (SSSR count). The van der Waals surface area contributed by atoms with Crippen LogP contribution in [0, 0.1) is 30.9 Å². The molecule has 260 valence electrons. The molecule has 0 fully saturated rings. The number of alkyl halides is 6. The molecule has 4 aromatic carbocycles. The van der Waals surface area contributed by atoms with Crippen LogP contribution in [-0.4, -0.2) is 24.5 Å². The molecular weight excluding hydrogens is 696 g/mol. The number of benzene rings is 4. The van der Waals surface area contributed by atoms with Crippen molar-refractivity contribution in [3.05, 3.63) is 146 Å². The van der Waals surface area contributed by atoms with E-state index in [4.69, 9.17) is 4.74 Å². The number of halogens is 6. The molecule has 0 saturated heterocycles. The largest absolute Gasteiger partial charge is 0.420 e. The highest BCUT2D eigenvalue weighted by atomic mass is 32.2. The molecular formula is C36H25F6N5O3S. The van der Waals surface area contributed by atoms with Crippen molar-refractivity contribution in [1.29, 1.82) is 0 Å². The third-order valence-electron chi connectivity index (χ3n) is 8.49. The van der Waals surface area contributed by atoms with Crippen LogP contribution in [0.25, 0.3) is 11.4 Å². The lowest BCUT2D eigenvalue weighted by atomic mass is 9.83. The Balaban J connectivity index is 1.45. The van der Waals surface area contributed by atoms with Crippen LogP contribution < -0.4 is 4.74 Å². The zero-order valence-electron chi connectivity index (χ0n) is 26.9. The number of nitro benzene ring substituents is 1. The number of fused-ring (bicyclic) bond motifs is 2. The van der Waals surface area contributed by atoms with Crippen LogP contribution in [0.2, 0.25) is 0 Å². The molecule has 6 aromatic rings. The Hall–Kier alpha value is -5.57. The average molecular weight is 722 g/mol. The maximum absolute atomic E-state index is 13.7. The van der Waals surface area contributed by atoms with Gasteiger partial charge in [-0.15, -0.1) is 0 Å². The van der Waals surface area contributed by atoms with Crippen molar-refractivity contribution in [3.8, 4) is 23.1 Å². The van der Waals surface area contributed by atoms with Gasteiger partial charge in [0.25, 0.3) is 5.69 Å². The van der Waals surface area contributed by atoms with Crippen LogP contribution in [0.1, 0.15) is 50.7 Å². The number of aromatic nitrogens is 4. The summed E-state index contributed by atoms with van der Waals surface area (Å²) in [5.41, 5.74) is 0.905. The summed E-state index contributed by atoms with van der Waals surface area (Å²) in [7, 11) is 0. The Labute approximate surface area is 290 Å². The smallest absolute Gasteiger partial charge is 0.416 e. The summed E-state index contributed by atoms with van der Waals surface area (Å²) in [5.74, 6) is -0.892. The van der Waals surface area contributed by atoms with Gasteiger partial charge in [0.1, 0.15) is 0 Å². The van der Waals surface area contributed by atoms with Crippen LogP contribution in [0.15, 0.2) is 101 Å². The highest BCUT2D eigenvalue weighted by molar-refractivity contribution is 7.99. The van der Waals surface area contributed by atoms with Gasteiger partial charge in [-0.05, 0) is 80.9 Å². The minimum atomic E-state index is -4.66. The van der Waals surface area contributed by atoms with E-state index in [0.717, 1.165) is 34.7 Å². The fourth-order valence-electron chi connectivity index (χ4n) is 6.12. The summed E-state index contributed by atoms with van der Waals surface area (Å²) in [6.45, 7) is 5.19. The van der Waals surface area contributed by atoms with E-state index in [9.17, 15) is 36.5 Å². The molecule has 0 aliphatic carbocycles. The topological polar surface area (TPSA) is 88.0 Å². The van der Waals surface area contributed by atoms with Crippen LogP contribution in [0.5, 0.6) is 11.8 Å². The molecule has 0 N–H and O–H groups in total. The van der Waals surface area contributed by atoms with E-state index in [0.29, 0.717) is 33.0 Å². The number of nitro groups is 1. The van der Waals surface area contributed by atoms with Gasteiger partial charge < -0.3 is 4.74 Å². The van der Waals surface area contributed by atoms with Crippen molar-refractivity contribution in [2.45, 2.75) is 48.8 Å². The molecule has 1 aliphatic heterocycles. The van der Waals surface area contributed by atoms with E-state index in [-0.39, 0.29) is 28.8 Å². The summed E-state index contributed by atoms with van der Waals surface area (Å²) in [6.07, 6.45) is -9.32. The first-order valence-corrected chi connectivity index (χ1v) is 16.2. The molecule has 15 heteroatoms. The third kappa shape index (κ3) is 6.22. The van der Waals surface area contributed by atoms with Gasteiger partial charge in [-0.1, -0.05) is 47.7 Å². The highest BCUT2D eigenvalue weighted by Crippen LogP contribution is 2.52. The quantitative estimate of drug-likeness (QED) is 0.0965. The minimum absolute atomic E-state index is 0.00839. The molecule has 0 atom stereocenters. The Kier molecular flexibility index (Phi) is 8.20. The normalized spacial score (nSPS) is 13.1. The fourth-order valence-corrected chi connectivity index (χ4v) is 7.02. The van der Waals surface area contributed by atoms with Crippen molar-refractivity contribution >= 4 is 17.4 Å². The van der Waals surface area contributed by atoms with E-state index in [1.54, 1.807) is 26.0 Å². The average Bonchev–Trinajstić information content (AvgIpc) is 3.60. The van der Waals surface area contributed by atoms with Crippen molar-refractivity contribution < 1.29 is 36.0 Å². The van der Waals surface area contributed by atoms with Crippen LogP contribution >= 0.6 is 11.8 Å². The number of hydrogen-bond donors (Lipinski definition) is 0. The Bertz CT molecular complexity index is 2220. The molecule has 8 nitrogen and oxygen atoms in total. The zero-order chi connectivity index (χ0) is 36.4. The molecule has 3 heterocycles. The number of nitrogens with zero attached hydrogens (tertiary/aromatic N) is 5. The second-order valence-electron chi connectivity index (χ2n) is 12.0. The van der Waals surface area contributed by atoms with Crippen molar-refractivity contribution in [3.63, 3.8) is 0 Å². The van der Waals surface area contributed by atoms with E-state index in [1.165, 1.54) is 51.5 Å². The SMILES string of the molecule is Cc1ccc(Sc2ccc(C3c4c(C)nn(-c5cccc(C(F)(F)F)c5)c4Oc4c3c(C)nn4-c3cccc(C(F)(F)F)c3)cc2[N+](=O)[O-])cc1. The Morgan fingerprint density at radius 3 is 1.71 bits per heavy atom. The molecule has 0 saturated carbocycles. The van der Waals surface area contributed by atoms with Crippen LogP contribution in [0.3, 0.4) is 0 Å². The summed E-state index contributed by atoms with van der Waals surface area (Å²) in [6, 6.07) is 21.1. The standard InChI is InChI=1S/C36H25F6N5O3S/c1-19-10-13-27(14-11-19)51-29-15-12-22(16-28(29)47(48)49)32-30-20(2)43-45(25-8-4-6-23(17-25)35(37,38)39)33(30)50-34-31(32)21(3)44-46(34)26-9-5-7-24(18-26)36(40,41)42/h4-18,32H,1-3H3. The monoisotopic (exact) mass is 721 g/mol. The first-order chi connectivity index (χ1) is 24.1. The van der Waals surface area contributed by atoms with Gasteiger partial charge in [-0.2, -0.15) is 36.5 Å². The number of rotatable bonds is 6. The molecule has 1 aliphatic rings. The summed E-state index contributed by atoms with van der Waals surface area (Å²) < 4.78 is 91.3. The van der Waals surface area contributed by atoms with Crippen molar-refractivity contribution in [2.75, 3.05) is 0 Å². The van der Waals surface area contributed by atoms with Crippen molar-refractivity contribution in [1.82, 2.24) is 19.6 Å². The molecule has 0 bridgehead atoms. The summed E-state index contributed by atoms with van der Waals surface area (Å²) >= 11 is 1.21. The molecule has 0 radical (unpaired) electrons. The van der Waals surface area contributed by atoms with Gasteiger partial charge in [0.15, 0.2) is 0 Å². The van der Waals surface area contributed by atoms with Gasteiger partial charge in [-0.25, -0.2) is 9.36 Å². The Morgan fingerprint density at radius 2 is 1.24 bits per heavy atom. The lowest BCUT2D eigenvalue weighted by Gasteiger charge is -2.26. The molecule has 51 heavy (non-hydrogen) atoms. The number of aryl methyl sites for hydroxylation is 3. The predicted octanol–water partition coefficient (Wildman–Crippen LogP) is 10.4. The van der Waals surface area contributed by atoms with Gasteiger partial charge in [0.05, 0.1) is 43.7 Å². The van der Waals surface area contributed by atoms with Crippen molar-refractivity contribution in [2.24, 2.45) is 0 Å². The molecule has 2 aromatic heterocycles. The fraction of sp³-hybridized carbons (Fsp3) is 0.167. The van der Waals surface area contributed by atoms with E-state index >= 15 is 0 Å². The second kappa shape index (κ2) is 12.3. The van der Waals surface area contributed by atoms with Gasteiger partial charge >= 0.3 is 12.4 Å². The van der Waals surface area contributed by atoms with Crippen LogP contribution in [0.4, 0.5) is 32.0 Å². The van der Waals surface area contributed by atoms with Gasteiger partial charge in [0, 0.05) is 28.0 Å². The van der Waals surface area contributed by atoms with E-state index < -0.39 is 34.3 Å². The first kappa shape index (κ1) is 33.9. The van der Waals surface area contributed by atoms with E-state index in [2.05, 4.69) is 10.2 Å². The van der Waals surface area contributed by atoms with E-state index in [1.807, 2.05) is 31.2 Å². The maximum atomic E-state index is 13.7. The predicted molar refractivity (Wildman–Crippen MR) is 176 cm³/mol. The zero-order valence-corrected chi connectivity index (χ0v) is 27.7. The molecule has 0 spiro atoms. The lowest BCUT2D eigenvalue weighted by molar-refractivity contribution is -0.387. The van der Waals surface area contributed by atoms with Crippen LogP contribution in [-0.2, 0) is 12.4 Å². The number of ether oxygens (including phenoxy) is 1. The number of hydrogen-bond acceptors (Lipinski definition) is 6. The summed E-state index contributed by atoms with van der Waals surface area (Å²) in [4.78, 5) is 13.1. The lowest BCUT2D eigenvalue weighted by Crippen LogP contribution is -2.15. The maximum Gasteiger partial charge on any atom is 0.416 e. The minimum Gasteiger partial charge on any atom is -0.420 e.